The highest BCUT2D eigenvalue weighted by atomic mass is 16.4. The quantitative estimate of drug-likeness (QED) is 0.0291. The van der Waals surface area contributed by atoms with Crippen LogP contribution in [0.2, 0.25) is 0 Å². The Morgan fingerprint density at radius 2 is 1.05 bits per heavy atom. The van der Waals surface area contributed by atoms with Gasteiger partial charge in [-0.1, -0.05) is 109 Å². The molecule has 0 unspecified atom stereocenters. The lowest BCUT2D eigenvalue weighted by Crippen LogP contribution is -2.59. The maximum absolute atomic E-state index is 14.0. The number of hydrogen-bond acceptors (Lipinski definition) is 18. The van der Waals surface area contributed by atoms with Gasteiger partial charge in [-0.3, -0.25) is 67.2 Å². The lowest BCUT2D eigenvalue weighted by atomic mass is 9.94. The van der Waals surface area contributed by atoms with Gasteiger partial charge in [0.25, 0.3) is 0 Å². The van der Waals surface area contributed by atoms with Crippen LogP contribution in [0.3, 0.4) is 0 Å². The summed E-state index contributed by atoms with van der Waals surface area (Å²) >= 11 is 0. The molecule has 546 valence electrons. The fourth-order valence-corrected chi connectivity index (χ4v) is 11.8. The lowest BCUT2D eigenvalue weighted by Gasteiger charge is -2.29. The number of phenolic OH excluding ortho intramolecular Hbond substituents is 1. The molecule has 0 aromatic heterocycles. The first-order chi connectivity index (χ1) is 46.0. The van der Waals surface area contributed by atoms with Gasteiger partial charge >= 0.3 is 23.9 Å². The summed E-state index contributed by atoms with van der Waals surface area (Å²) in [7, 11) is 0. The molecule has 7 atom stereocenters. The van der Waals surface area contributed by atoms with Gasteiger partial charge in [0.2, 0.25) is 23.6 Å². The molecule has 4 amide bonds. The number of benzene rings is 1. The third-order valence-electron chi connectivity index (χ3n) is 17.8. The zero-order chi connectivity index (χ0) is 72.3. The van der Waals surface area contributed by atoms with E-state index < -0.39 is 126 Å². The van der Waals surface area contributed by atoms with Crippen molar-refractivity contribution in [3.63, 3.8) is 0 Å². The summed E-state index contributed by atoms with van der Waals surface area (Å²) in [4.78, 5) is 180. The van der Waals surface area contributed by atoms with E-state index in [2.05, 4.69) is 31.9 Å². The van der Waals surface area contributed by atoms with Gasteiger partial charge in [0, 0.05) is 64.8 Å². The van der Waals surface area contributed by atoms with Gasteiger partial charge in [0.15, 0.2) is 17.3 Å². The van der Waals surface area contributed by atoms with Crippen LogP contribution in [0.1, 0.15) is 246 Å². The molecule has 2 rings (SSSR count). The summed E-state index contributed by atoms with van der Waals surface area (Å²) in [5, 5.41) is 64.5. The molecule has 11 N–H and O–H groups in total. The number of carbonyl (C=O) groups is 14. The number of carbonyl (C=O) groups excluding carboxylic acids is 10. The van der Waals surface area contributed by atoms with Crippen LogP contribution in [-0.4, -0.2) is 181 Å². The molecule has 26 heteroatoms. The largest absolute Gasteiger partial charge is 0.508 e. The van der Waals surface area contributed by atoms with Crippen LogP contribution >= 0.6 is 0 Å². The molecule has 0 radical (unpaired) electrons. The number of nitrogens with one attached hydrogen (secondary N) is 6. The summed E-state index contributed by atoms with van der Waals surface area (Å²) in [6.07, 6.45) is 16.1. The molecule has 0 bridgehead atoms. The molecule has 0 spiro atoms. The fraction of sp³-hybridized carbons (Fsp3) is 0.718. The molecule has 1 heterocycles. The van der Waals surface area contributed by atoms with Gasteiger partial charge in [-0.25, -0.2) is 4.79 Å². The first-order valence-electron chi connectivity index (χ1n) is 35.2. The zero-order valence-corrected chi connectivity index (χ0v) is 58.1. The standard InChI is InChI=1S/C71H113N7O19/c1-6-7-26-56(74-46-63(86)71(4,5)77-67(91)59(75-49(3)80)42-50-30-34-53(81)35-31-50)61(84)45-73-57(62(85)47-78-41-24-28-60(78)48(2)79)27-22-23-40-72-64(87)38-32-51(68(92)93)44-55(83)36-37-58(70(96)97)76-65(88)39-33-52(69(94)95)43-54(82)25-20-18-16-14-12-10-8-9-11-13-15-17-19-21-29-66(89)90/h30-31,34-35,51-52,56-60,73-74,81H,6-29,32-33,36-47H2,1-5H3,(H,72,87)(H,75,80)(H,76,88)(H,77,91)(H,89,90)(H,92,93)(H,94,95)(H,96,97)/t51-,52-,56+,57+,58-,59+,60+/m1/s1. The second-order valence-corrected chi connectivity index (χ2v) is 26.7. The number of nitrogens with zero attached hydrogens (tertiary/aromatic N) is 1. The monoisotopic (exact) mass is 1370 g/mol. The van der Waals surface area contributed by atoms with Gasteiger partial charge < -0.3 is 57.4 Å². The first-order valence-corrected chi connectivity index (χ1v) is 35.2. The fourth-order valence-electron chi connectivity index (χ4n) is 11.8. The van der Waals surface area contributed by atoms with Crippen molar-refractivity contribution in [2.45, 2.75) is 282 Å². The normalized spacial score (nSPS) is 15.0. The highest BCUT2D eigenvalue weighted by Crippen LogP contribution is 2.22. The number of hydrogen-bond donors (Lipinski definition) is 11. The predicted molar refractivity (Wildman–Crippen MR) is 362 cm³/mol. The maximum atomic E-state index is 14.0. The number of carboxylic acids is 4. The average Bonchev–Trinajstić information content (AvgIpc) is 1.81. The molecule has 1 fully saturated rings. The topological polar surface area (TPSA) is 416 Å². The molecule has 1 saturated heterocycles. The summed E-state index contributed by atoms with van der Waals surface area (Å²) in [5.74, 6) is -11.6. The number of amides is 4. The molecule has 1 aliphatic rings. The van der Waals surface area contributed by atoms with Crippen molar-refractivity contribution in [2.75, 3.05) is 32.7 Å². The van der Waals surface area contributed by atoms with Gasteiger partial charge in [-0.15, -0.1) is 0 Å². The van der Waals surface area contributed by atoms with E-state index in [1.165, 1.54) is 52.7 Å². The van der Waals surface area contributed by atoms with Crippen molar-refractivity contribution in [3.05, 3.63) is 29.8 Å². The Hall–Kier alpha value is -7.32. The molecular weight excluding hydrogens is 1250 g/mol. The minimum absolute atomic E-state index is 0.0276. The number of Topliss-reactive ketones (excluding diaryl/α,β-unsaturated/α-hetero) is 6. The molecule has 1 aromatic rings. The Morgan fingerprint density at radius 3 is 1.58 bits per heavy atom. The molecule has 0 saturated carbocycles. The van der Waals surface area contributed by atoms with Crippen molar-refractivity contribution in [2.24, 2.45) is 11.8 Å². The van der Waals surface area contributed by atoms with Crippen LogP contribution in [-0.2, 0) is 73.5 Å². The minimum atomic E-state index is -1.55. The van der Waals surface area contributed by atoms with Crippen molar-refractivity contribution in [3.8, 4) is 5.75 Å². The molecule has 1 aliphatic heterocycles. The Labute approximate surface area is 571 Å². The Balaban J connectivity index is 1.86. The molecule has 97 heavy (non-hydrogen) atoms. The number of rotatable bonds is 59. The van der Waals surface area contributed by atoms with E-state index in [9.17, 15) is 87.5 Å². The van der Waals surface area contributed by atoms with E-state index in [1.54, 1.807) is 12.1 Å². The van der Waals surface area contributed by atoms with E-state index in [0.29, 0.717) is 50.6 Å². The van der Waals surface area contributed by atoms with Crippen LogP contribution in [0.4, 0.5) is 0 Å². The van der Waals surface area contributed by atoms with Crippen molar-refractivity contribution in [1.82, 2.24) is 36.8 Å². The molecule has 26 nitrogen and oxygen atoms in total. The van der Waals surface area contributed by atoms with Crippen molar-refractivity contribution >= 4 is 82.2 Å². The highest BCUT2D eigenvalue weighted by molar-refractivity contribution is 5.97. The second-order valence-electron chi connectivity index (χ2n) is 26.7. The number of aliphatic carboxylic acids is 4. The predicted octanol–water partition coefficient (Wildman–Crippen LogP) is 7.04. The summed E-state index contributed by atoms with van der Waals surface area (Å²) in [5.41, 5.74) is -0.786. The number of ketones is 6. The van der Waals surface area contributed by atoms with Crippen molar-refractivity contribution in [1.29, 1.82) is 0 Å². The summed E-state index contributed by atoms with van der Waals surface area (Å²) < 4.78 is 0. The maximum Gasteiger partial charge on any atom is 0.326 e. The van der Waals surface area contributed by atoms with E-state index in [0.717, 1.165) is 83.5 Å². The van der Waals surface area contributed by atoms with Crippen LogP contribution in [0.25, 0.3) is 0 Å². The third kappa shape index (κ3) is 38.4. The highest BCUT2D eigenvalue weighted by Gasteiger charge is 2.35. The van der Waals surface area contributed by atoms with E-state index in [4.69, 9.17) is 5.11 Å². The number of carboxylic acid groups (broad SMARTS) is 4. The minimum Gasteiger partial charge on any atom is -0.508 e. The summed E-state index contributed by atoms with van der Waals surface area (Å²) in [6.45, 7) is 7.77. The number of aromatic hydroxyl groups is 1. The van der Waals surface area contributed by atoms with Gasteiger partial charge in [0.05, 0.1) is 55.1 Å². The number of unbranched alkanes of at least 4 members (excludes halogenated alkanes) is 15. The van der Waals surface area contributed by atoms with Gasteiger partial charge in [-0.05, 0) is 116 Å². The zero-order valence-electron chi connectivity index (χ0n) is 58.1. The van der Waals surface area contributed by atoms with Crippen molar-refractivity contribution < 1.29 is 92.7 Å². The molecular formula is C71H113N7O19. The Bertz CT molecular complexity index is 2700. The first kappa shape index (κ1) is 85.8. The SMILES string of the molecule is CCCC[C@H](NCC(=O)C(C)(C)NC(=O)[C@H](Cc1ccc(O)cc1)NC(C)=O)C(=O)CN[C@@H](CCCCNC(=O)CC[C@H](CC(=O)CC[C@@H](NC(=O)CC[C@H](CC(=O)CCCCCCCCCCCCCCCCC(=O)O)C(=O)O)C(=O)O)C(=O)O)C(=O)CN1CCC[C@H]1C(C)=O. The van der Waals surface area contributed by atoms with Crippen LogP contribution in [0.5, 0.6) is 5.75 Å². The average molecular weight is 1370 g/mol. The number of phenols is 1. The molecule has 1 aromatic carbocycles. The van der Waals surface area contributed by atoms with Crippen LogP contribution in [0.15, 0.2) is 24.3 Å². The van der Waals surface area contributed by atoms with Crippen LogP contribution < -0.4 is 31.9 Å². The van der Waals surface area contributed by atoms with E-state index in [1.807, 2.05) is 11.8 Å². The number of likely N-dealkylation sites (tertiary alicyclic amines) is 1. The van der Waals surface area contributed by atoms with Crippen LogP contribution in [0, 0.1) is 11.8 Å². The second kappa shape index (κ2) is 48.4. The van der Waals surface area contributed by atoms with E-state index in [-0.39, 0.29) is 113 Å². The van der Waals surface area contributed by atoms with Gasteiger partial charge in [0.1, 0.15) is 35.2 Å². The lowest BCUT2D eigenvalue weighted by molar-refractivity contribution is -0.145. The molecule has 0 aliphatic carbocycles. The summed E-state index contributed by atoms with van der Waals surface area (Å²) in [6, 6.07) is 1.46. The van der Waals surface area contributed by atoms with Gasteiger partial charge in [-0.2, -0.15) is 0 Å². The Morgan fingerprint density at radius 1 is 0.536 bits per heavy atom. The smallest absolute Gasteiger partial charge is 0.326 e. The van der Waals surface area contributed by atoms with E-state index >= 15 is 0 Å². The Kier molecular flexibility index (Phi) is 42.8. The third-order valence-corrected chi connectivity index (χ3v) is 17.8.